The Kier molecular flexibility index (Phi) is 3.86. The first-order valence-electron chi connectivity index (χ1n) is 8.69. The highest BCUT2D eigenvalue weighted by Gasteiger charge is 2.58. The molecule has 6 nitrogen and oxygen atoms in total. The number of hydrogen-bond donors (Lipinski definition) is 1. The van der Waals surface area contributed by atoms with Crippen LogP contribution in [-0.4, -0.2) is 47.7 Å². The molecule has 0 atom stereocenters. The summed E-state index contributed by atoms with van der Waals surface area (Å²) in [4.78, 5) is 18.4. The summed E-state index contributed by atoms with van der Waals surface area (Å²) in [6, 6.07) is 7.58. The Hall–Kier alpha value is -1.89. The van der Waals surface area contributed by atoms with Gasteiger partial charge >= 0.3 is 0 Å². The molecule has 4 rings (SSSR count). The molecule has 1 saturated heterocycles. The zero-order valence-corrected chi connectivity index (χ0v) is 14.6. The van der Waals surface area contributed by atoms with Crippen LogP contribution in [-0.2, 0) is 19.1 Å². The molecule has 0 unspecified atom stereocenters. The number of benzene rings is 1. The van der Waals surface area contributed by atoms with Gasteiger partial charge in [0.2, 0.25) is 0 Å². The molecule has 6 heteroatoms. The number of carbonyl (C=O) groups excluding carboxylic acids is 1. The molecule has 2 fully saturated rings. The van der Waals surface area contributed by atoms with Crippen molar-refractivity contribution in [3.05, 3.63) is 41.2 Å². The first-order chi connectivity index (χ1) is 12.0. The van der Waals surface area contributed by atoms with Crippen LogP contribution in [0.1, 0.15) is 36.8 Å². The minimum absolute atomic E-state index is 0.0986. The highest BCUT2D eigenvalue weighted by molar-refractivity contribution is 6.23. The Labute approximate surface area is 146 Å². The van der Waals surface area contributed by atoms with Crippen LogP contribution in [0.3, 0.4) is 0 Å². The Morgan fingerprint density at radius 3 is 2.36 bits per heavy atom. The van der Waals surface area contributed by atoms with Crippen molar-refractivity contribution in [3.63, 3.8) is 0 Å². The van der Waals surface area contributed by atoms with Crippen LogP contribution in [0.2, 0.25) is 0 Å². The van der Waals surface area contributed by atoms with E-state index in [1.807, 2.05) is 31.2 Å². The van der Waals surface area contributed by atoms with Gasteiger partial charge in [0.25, 0.3) is 5.91 Å². The summed E-state index contributed by atoms with van der Waals surface area (Å²) >= 11 is 0. The van der Waals surface area contributed by atoms with E-state index >= 15 is 0 Å². The number of nitrogens with zero attached hydrogens (tertiary/aromatic N) is 1. The van der Waals surface area contributed by atoms with Gasteiger partial charge in [-0.2, -0.15) is 0 Å². The minimum atomic E-state index is -0.843. The zero-order chi connectivity index (χ0) is 17.7. The summed E-state index contributed by atoms with van der Waals surface area (Å²) in [5.74, 6) is -0.764. The van der Waals surface area contributed by atoms with Crippen LogP contribution in [0.15, 0.2) is 30.0 Å². The SMILES string of the molecule is CON1C(=O)C(c2ccccc2C)=C(O)C12CCC1(CC2)OCCO1. The maximum atomic E-state index is 13.0. The molecule has 3 aliphatic rings. The number of hydroxylamine groups is 2. The maximum absolute atomic E-state index is 13.0. The van der Waals surface area contributed by atoms with Crippen molar-refractivity contribution in [2.75, 3.05) is 20.3 Å². The van der Waals surface area contributed by atoms with Crippen molar-refractivity contribution in [2.45, 2.75) is 43.9 Å². The predicted molar refractivity (Wildman–Crippen MR) is 90.4 cm³/mol. The van der Waals surface area contributed by atoms with Crippen molar-refractivity contribution in [2.24, 2.45) is 0 Å². The number of hydrogen-bond acceptors (Lipinski definition) is 5. The third-order valence-corrected chi connectivity index (χ3v) is 5.71. The van der Waals surface area contributed by atoms with Crippen LogP contribution < -0.4 is 0 Å². The second-order valence-electron chi connectivity index (χ2n) is 6.96. The first kappa shape index (κ1) is 16.6. The second-order valence-corrected chi connectivity index (χ2v) is 6.96. The molecule has 2 aliphatic heterocycles. The standard InChI is InChI=1S/C19H23NO5/c1-13-5-3-4-6-14(13)15-16(21)18(20(23-2)17(15)22)7-9-19(10-8-18)24-11-12-25-19/h3-6,21H,7-12H2,1-2H3. The van der Waals surface area contributed by atoms with Gasteiger partial charge in [-0.15, -0.1) is 0 Å². The number of carbonyl (C=O) groups is 1. The predicted octanol–water partition coefficient (Wildman–Crippen LogP) is 2.72. The monoisotopic (exact) mass is 345 g/mol. The summed E-state index contributed by atoms with van der Waals surface area (Å²) in [6.45, 7) is 3.12. The molecule has 134 valence electrons. The lowest BCUT2D eigenvalue weighted by atomic mass is 9.77. The second kappa shape index (κ2) is 5.83. The van der Waals surface area contributed by atoms with Crippen LogP contribution in [0, 0.1) is 6.92 Å². The Morgan fingerprint density at radius 1 is 1.12 bits per heavy atom. The highest BCUT2D eigenvalue weighted by Crippen LogP contribution is 2.51. The van der Waals surface area contributed by atoms with Gasteiger partial charge in [-0.1, -0.05) is 24.3 Å². The first-order valence-corrected chi connectivity index (χ1v) is 8.69. The molecular weight excluding hydrogens is 322 g/mol. The number of aliphatic hydroxyl groups excluding tert-OH is 1. The van der Waals surface area contributed by atoms with E-state index in [2.05, 4.69) is 0 Å². The van der Waals surface area contributed by atoms with Gasteiger partial charge in [-0.3, -0.25) is 9.63 Å². The summed E-state index contributed by atoms with van der Waals surface area (Å²) in [5, 5.41) is 12.4. The van der Waals surface area contributed by atoms with Crippen molar-refractivity contribution in [1.82, 2.24) is 5.06 Å². The van der Waals surface area contributed by atoms with E-state index in [0.29, 0.717) is 44.5 Å². The van der Waals surface area contributed by atoms with Crippen LogP contribution in [0.5, 0.6) is 0 Å². The van der Waals surface area contributed by atoms with Crippen molar-refractivity contribution >= 4 is 11.5 Å². The average molecular weight is 345 g/mol. The normalized spacial score (nSPS) is 24.7. The molecule has 25 heavy (non-hydrogen) atoms. The van der Waals surface area contributed by atoms with Gasteiger partial charge in [0, 0.05) is 12.8 Å². The number of rotatable bonds is 2. The van der Waals surface area contributed by atoms with E-state index in [9.17, 15) is 9.90 Å². The van der Waals surface area contributed by atoms with E-state index in [0.717, 1.165) is 11.1 Å². The number of ether oxygens (including phenoxy) is 2. The lowest BCUT2D eigenvalue weighted by molar-refractivity contribution is -0.232. The summed E-state index contributed by atoms with van der Waals surface area (Å²) in [7, 11) is 1.47. The van der Waals surface area contributed by atoms with Gasteiger partial charge in [0.1, 0.15) is 11.3 Å². The van der Waals surface area contributed by atoms with Gasteiger partial charge in [-0.05, 0) is 30.9 Å². The van der Waals surface area contributed by atoms with Gasteiger partial charge in [0.15, 0.2) is 5.79 Å². The third-order valence-electron chi connectivity index (χ3n) is 5.71. The van der Waals surface area contributed by atoms with Crippen molar-refractivity contribution in [1.29, 1.82) is 0 Å². The number of aryl methyl sites for hydroxylation is 1. The van der Waals surface area contributed by atoms with E-state index in [1.165, 1.54) is 12.2 Å². The largest absolute Gasteiger partial charge is 0.509 e. The Balaban J connectivity index is 1.74. The quantitative estimate of drug-likeness (QED) is 0.893. The molecule has 2 heterocycles. The summed E-state index contributed by atoms with van der Waals surface area (Å²) in [6.07, 6.45) is 2.30. The van der Waals surface area contributed by atoms with Crippen LogP contribution in [0.25, 0.3) is 5.57 Å². The lowest BCUT2D eigenvalue weighted by Crippen LogP contribution is -2.53. The van der Waals surface area contributed by atoms with Crippen molar-refractivity contribution in [3.8, 4) is 0 Å². The topological polar surface area (TPSA) is 68.2 Å². The third kappa shape index (κ3) is 2.32. The molecule has 1 aromatic carbocycles. The molecule has 0 bridgehead atoms. The lowest BCUT2D eigenvalue weighted by Gasteiger charge is -2.44. The van der Waals surface area contributed by atoms with Gasteiger partial charge in [-0.25, -0.2) is 5.06 Å². The van der Waals surface area contributed by atoms with Crippen molar-refractivity contribution < 1.29 is 24.2 Å². The smallest absolute Gasteiger partial charge is 0.282 e. The van der Waals surface area contributed by atoms with Gasteiger partial charge in [0.05, 0.1) is 25.9 Å². The summed E-state index contributed by atoms with van der Waals surface area (Å²) in [5.41, 5.74) is 1.19. The Morgan fingerprint density at radius 2 is 1.76 bits per heavy atom. The van der Waals surface area contributed by atoms with E-state index in [-0.39, 0.29) is 11.7 Å². The molecular formula is C19H23NO5. The molecule has 2 spiro atoms. The average Bonchev–Trinajstić information content (AvgIpc) is 3.14. The maximum Gasteiger partial charge on any atom is 0.282 e. The highest BCUT2D eigenvalue weighted by atomic mass is 16.7. The molecule has 0 radical (unpaired) electrons. The molecule has 1 saturated carbocycles. The van der Waals surface area contributed by atoms with Crippen LogP contribution >= 0.6 is 0 Å². The van der Waals surface area contributed by atoms with E-state index in [1.54, 1.807) is 0 Å². The number of amides is 1. The van der Waals surface area contributed by atoms with Crippen LogP contribution in [0.4, 0.5) is 0 Å². The fourth-order valence-corrected chi connectivity index (χ4v) is 4.35. The number of aliphatic hydroxyl groups is 1. The molecule has 0 aromatic heterocycles. The molecule has 1 N–H and O–H groups in total. The van der Waals surface area contributed by atoms with Gasteiger partial charge < -0.3 is 14.6 Å². The fourth-order valence-electron chi connectivity index (χ4n) is 4.35. The zero-order valence-electron chi connectivity index (χ0n) is 14.6. The molecule has 1 aliphatic carbocycles. The fraction of sp³-hybridized carbons (Fsp3) is 0.526. The van der Waals surface area contributed by atoms with E-state index in [4.69, 9.17) is 14.3 Å². The minimum Gasteiger partial charge on any atom is -0.509 e. The van der Waals surface area contributed by atoms with E-state index < -0.39 is 11.3 Å². The Bertz CT molecular complexity index is 725. The molecule has 1 amide bonds. The summed E-state index contributed by atoms with van der Waals surface area (Å²) < 4.78 is 11.6. The molecule has 1 aromatic rings.